The Morgan fingerprint density at radius 2 is 2.31 bits per heavy atom. The maximum Gasteiger partial charge on any atom is 0.258 e. The van der Waals surface area contributed by atoms with Gasteiger partial charge in [-0.15, -0.1) is 11.6 Å². The van der Waals surface area contributed by atoms with E-state index in [1.807, 2.05) is 30.4 Å². The van der Waals surface area contributed by atoms with Gasteiger partial charge in [-0.3, -0.25) is 4.79 Å². The maximum atomic E-state index is 11.5. The number of rotatable bonds is 3. The fourth-order valence-corrected chi connectivity index (χ4v) is 1.60. The second kappa shape index (κ2) is 4.94. The fraction of sp³-hybridized carbons (Fsp3) is 0.167. The SMILES string of the molecule is O=c1[nH]cnc2ccc(C=CCCCl)cc12. The Morgan fingerprint density at radius 1 is 1.44 bits per heavy atom. The van der Waals surface area contributed by atoms with Crippen LogP contribution in [0.25, 0.3) is 17.0 Å². The Bertz CT molecular complexity index is 574. The standard InChI is InChI=1S/C12H11ClN2O/c13-6-2-1-3-9-4-5-11-10(7-9)12(16)15-8-14-11/h1,3-5,7-8H,2,6H2,(H,14,15,16). The van der Waals surface area contributed by atoms with E-state index < -0.39 is 0 Å². The molecule has 16 heavy (non-hydrogen) atoms. The van der Waals surface area contributed by atoms with Gasteiger partial charge in [0.15, 0.2) is 0 Å². The van der Waals surface area contributed by atoms with Crippen molar-refractivity contribution in [1.29, 1.82) is 0 Å². The Hall–Kier alpha value is -1.61. The molecule has 3 nitrogen and oxygen atoms in total. The Morgan fingerprint density at radius 3 is 3.12 bits per heavy atom. The number of halogens is 1. The first kappa shape index (κ1) is 10.9. The van der Waals surface area contributed by atoms with Gasteiger partial charge in [-0.25, -0.2) is 4.98 Å². The van der Waals surface area contributed by atoms with E-state index in [0.717, 1.165) is 12.0 Å². The van der Waals surface area contributed by atoms with Crippen molar-refractivity contribution in [2.45, 2.75) is 6.42 Å². The molecule has 1 N–H and O–H groups in total. The van der Waals surface area contributed by atoms with Crippen molar-refractivity contribution in [3.8, 4) is 0 Å². The largest absolute Gasteiger partial charge is 0.313 e. The third-order valence-corrected chi connectivity index (χ3v) is 2.47. The summed E-state index contributed by atoms with van der Waals surface area (Å²) >= 11 is 5.57. The van der Waals surface area contributed by atoms with Crippen LogP contribution in [0.1, 0.15) is 12.0 Å². The van der Waals surface area contributed by atoms with Crippen molar-refractivity contribution in [2.24, 2.45) is 0 Å². The van der Waals surface area contributed by atoms with E-state index in [2.05, 4.69) is 9.97 Å². The molecule has 1 heterocycles. The number of aromatic amines is 1. The minimum absolute atomic E-state index is 0.113. The van der Waals surface area contributed by atoms with Crippen LogP contribution in [0, 0.1) is 0 Å². The van der Waals surface area contributed by atoms with Crippen LogP contribution in [0.4, 0.5) is 0 Å². The van der Waals surface area contributed by atoms with Crippen molar-refractivity contribution in [2.75, 3.05) is 5.88 Å². The number of benzene rings is 1. The molecule has 0 amide bonds. The highest BCUT2D eigenvalue weighted by Crippen LogP contribution is 2.11. The van der Waals surface area contributed by atoms with Crippen LogP contribution in [0.5, 0.6) is 0 Å². The molecule has 0 unspecified atom stereocenters. The minimum atomic E-state index is -0.113. The lowest BCUT2D eigenvalue weighted by Gasteiger charge is -1.97. The van der Waals surface area contributed by atoms with E-state index in [9.17, 15) is 4.79 Å². The van der Waals surface area contributed by atoms with Gasteiger partial charge in [0.1, 0.15) is 0 Å². The monoisotopic (exact) mass is 234 g/mol. The Kier molecular flexibility index (Phi) is 3.37. The van der Waals surface area contributed by atoms with Crippen molar-refractivity contribution in [1.82, 2.24) is 9.97 Å². The maximum absolute atomic E-state index is 11.5. The predicted octanol–water partition coefficient (Wildman–Crippen LogP) is 2.57. The quantitative estimate of drug-likeness (QED) is 0.830. The van der Waals surface area contributed by atoms with E-state index in [0.29, 0.717) is 16.8 Å². The fourth-order valence-electron chi connectivity index (χ4n) is 1.47. The van der Waals surface area contributed by atoms with Crippen LogP contribution < -0.4 is 5.56 Å². The van der Waals surface area contributed by atoms with Crippen LogP contribution in [0.15, 0.2) is 35.4 Å². The first-order valence-electron chi connectivity index (χ1n) is 5.01. The van der Waals surface area contributed by atoms with Crippen molar-refractivity contribution in [3.63, 3.8) is 0 Å². The molecule has 0 atom stereocenters. The van der Waals surface area contributed by atoms with Gasteiger partial charge in [-0.1, -0.05) is 18.2 Å². The Balaban J connectivity index is 2.43. The second-order valence-corrected chi connectivity index (χ2v) is 3.77. The van der Waals surface area contributed by atoms with E-state index in [-0.39, 0.29) is 5.56 Å². The summed E-state index contributed by atoms with van der Waals surface area (Å²) in [6.07, 6.45) is 6.17. The van der Waals surface area contributed by atoms with Crippen molar-refractivity contribution >= 4 is 28.6 Å². The van der Waals surface area contributed by atoms with E-state index in [1.165, 1.54) is 6.33 Å². The smallest absolute Gasteiger partial charge is 0.258 e. The zero-order chi connectivity index (χ0) is 11.4. The molecule has 0 aliphatic heterocycles. The third-order valence-electron chi connectivity index (χ3n) is 2.25. The van der Waals surface area contributed by atoms with Crippen LogP contribution in [-0.4, -0.2) is 15.8 Å². The number of aromatic nitrogens is 2. The van der Waals surface area contributed by atoms with E-state index in [4.69, 9.17) is 11.6 Å². The molecule has 0 bridgehead atoms. The first-order chi connectivity index (χ1) is 7.81. The van der Waals surface area contributed by atoms with Crippen LogP contribution >= 0.6 is 11.6 Å². The molecule has 2 rings (SSSR count). The van der Waals surface area contributed by atoms with E-state index in [1.54, 1.807) is 0 Å². The molecule has 0 spiro atoms. The average molecular weight is 235 g/mol. The van der Waals surface area contributed by atoms with Crippen molar-refractivity contribution < 1.29 is 0 Å². The molecular formula is C12H11ClN2O. The highest BCUT2D eigenvalue weighted by Gasteiger charge is 1.98. The van der Waals surface area contributed by atoms with Gasteiger partial charge in [-0.2, -0.15) is 0 Å². The van der Waals surface area contributed by atoms with Gasteiger partial charge in [0.25, 0.3) is 5.56 Å². The highest BCUT2D eigenvalue weighted by atomic mass is 35.5. The third kappa shape index (κ3) is 2.31. The zero-order valence-electron chi connectivity index (χ0n) is 8.61. The second-order valence-electron chi connectivity index (χ2n) is 3.39. The highest BCUT2D eigenvalue weighted by molar-refractivity contribution is 6.17. The van der Waals surface area contributed by atoms with Crippen LogP contribution in [0.2, 0.25) is 0 Å². The number of hydrogen-bond acceptors (Lipinski definition) is 2. The zero-order valence-corrected chi connectivity index (χ0v) is 9.37. The number of H-pyrrole nitrogens is 1. The van der Waals surface area contributed by atoms with Crippen molar-refractivity contribution in [3.05, 3.63) is 46.5 Å². The average Bonchev–Trinajstić information content (AvgIpc) is 2.30. The van der Waals surface area contributed by atoms with Crippen LogP contribution in [-0.2, 0) is 0 Å². The number of fused-ring (bicyclic) bond motifs is 1. The lowest BCUT2D eigenvalue weighted by atomic mass is 10.1. The summed E-state index contributed by atoms with van der Waals surface area (Å²) in [5.74, 6) is 0.603. The molecular weight excluding hydrogens is 224 g/mol. The summed E-state index contributed by atoms with van der Waals surface area (Å²) in [5.41, 5.74) is 1.58. The van der Waals surface area contributed by atoms with Crippen LogP contribution in [0.3, 0.4) is 0 Å². The predicted molar refractivity (Wildman–Crippen MR) is 66.7 cm³/mol. The first-order valence-corrected chi connectivity index (χ1v) is 5.54. The summed E-state index contributed by atoms with van der Waals surface area (Å²) in [7, 11) is 0. The number of nitrogens with zero attached hydrogens (tertiary/aromatic N) is 1. The van der Waals surface area contributed by atoms with Gasteiger partial charge < -0.3 is 4.98 Å². The molecule has 0 fully saturated rings. The van der Waals surface area contributed by atoms with Gasteiger partial charge in [0.2, 0.25) is 0 Å². The van der Waals surface area contributed by atoms with Gasteiger partial charge in [0, 0.05) is 5.88 Å². The number of alkyl halides is 1. The molecule has 0 aliphatic carbocycles. The molecule has 1 aromatic heterocycles. The molecule has 1 aromatic carbocycles. The Labute approximate surface area is 97.8 Å². The van der Waals surface area contributed by atoms with E-state index >= 15 is 0 Å². The molecule has 0 saturated carbocycles. The lowest BCUT2D eigenvalue weighted by Crippen LogP contribution is -2.05. The summed E-state index contributed by atoms with van der Waals surface area (Å²) in [6, 6.07) is 5.59. The number of allylic oxidation sites excluding steroid dienone is 1. The van der Waals surface area contributed by atoms with Gasteiger partial charge in [0.05, 0.1) is 17.2 Å². The molecule has 0 saturated heterocycles. The normalized spacial score (nSPS) is 11.3. The topological polar surface area (TPSA) is 45.8 Å². The number of hydrogen-bond donors (Lipinski definition) is 1. The molecule has 0 radical (unpaired) electrons. The molecule has 4 heteroatoms. The van der Waals surface area contributed by atoms with Gasteiger partial charge in [-0.05, 0) is 24.1 Å². The summed E-state index contributed by atoms with van der Waals surface area (Å²) in [6.45, 7) is 0. The number of nitrogens with one attached hydrogen (secondary N) is 1. The molecule has 2 aromatic rings. The summed E-state index contributed by atoms with van der Waals surface area (Å²) in [4.78, 5) is 18.2. The molecule has 0 aliphatic rings. The van der Waals surface area contributed by atoms with Gasteiger partial charge >= 0.3 is 0 Å². The lowest BCUT2D eigenvalue weighted by molar-refractivity contribution is 1.17. The summed E-state index contributed by atoms with van der Waals surface area (Å²) < 4.78 is 0. The summed E-state index contributed by atoms with van der Waals surface area (Å²) in [5, 5.41) is 0.607. The molecule has 82 valence electrons. The minimum Gasteiger partial charge on any atom is -0.313 e.